The van der Waals surface area contributed by atoms with Gasteiger partial charge in [0.15, 0.2) is 0 Å². The second kappa shape index (κ2) is 3.94. The molecule has 6 heteroatoms. The summed E-state index contributed by atoms with van der Waals surface area (Å²) in [4.78, 5) is 30.2. The van der Waals surface area contributed by atoms with Crippen LogP contribution in [-0.2, 0) is 5.54 Å². The monoisotopic (exact) mass is 272 g/mol. The summed E-state index contributed by atoms with van der Waals surface area (Å²) in [6, 6.07) is 1.82. The molecule has 104 valence electrons. The van der Waals surface area contributed by atoms with Gasteiger partial charge in [0.2, 0.25) is 0 Å². The summed E-state index contributed by atoms with van der Waals surface area (Å²) in [6.45, 7) is 0.646. The zero-order chi connectivity index (χ0) is 13.7. The maximum Gasteiger partial charge on any atom is 0.346 e. The van der Waals surface area contributed by atoms with Crippen LogP contribution in [0.1, 0.15) is 42.6 Å². The number of carbonyl (C=O) groups excluding carboxylic acids is 1. The van der Waals surface area contributed by atoms with Gasteiger partial charge in [-0.1, -0.05) is 19.3 Å². The first-order chi connectivity index (χ1) is 9.70. The average molecular weight is 272 g/mol. The zero-order valence-corrected chi connectivity index (χ0v) is 11.1. The number of H-pyrrole nitrogens is 1. The van der Waals surface area contributed by atoms with Crippen molar-refractivity contribution in [3.8, 4) is 0 Å². The number of amides is 1. The summed E-state index contributed by atoms with van der Waals surface area (Å²) in [7, 11) is 0. The van der Waals surface area contributed by atoms with Gasteiger partial charge in [-0.2, -0.15) is 0 Å². The summed E-state index contributed by atoms with van der Waals surface area (Å²) < 4.78 is 2.06. The van der Waals surface area contributed by atoms with Crippen molar-refractivity contribution in [2.24, 2.45) is 0 Å². The molecule has 1 saturated carbocycles. The SMILES string of the molecule is O=C1NCC2(CCCCC2)n2c1cc1cnc(=O)[nH]c12. The second-order valence-corrected chi connectivity index (χ2v) is 5.82. The normalized spacial score (nSPS) is 20.9. The molecule has 0 radical (unpaired) electrons. The van der Waals surface area contributed by atoms with Crippen LogP contribution in [0.4, 0.5) is 0 Å². The lowest BCUT2D eigenvalue weighted by molar-refractivity contribution is 0.0833. The van der Waals surface area contributed by atoms with Crippen LogP contribution < -0.4 is 11.0 Å². The Morgan fingerprint density at radius 1 is 1.20 bits per heavy atom. The highest BCUT2D eigenvalue weighted by Gasteiger charge is 2.41. The van der Waals surface area contributed by atoms with Crippen LogP contribution in [0.5, 0.6) is 0 Å². The maximum absolute atomic E-state index is 12.1. The van der Waals surface area contributed by atoms with Crippen LogP contribution in [0.3, 0.4) is 0 Å². The molecule has 0 aromatic carbocycles. The number of aromatic nitrogens is 3. The van der Waals surface area contributed by atoms with E-state index in [2.05, 4.69) is 19.9 Å². The molecule has 0 saturated heterocycles. The average Bonchev–Trinajstić information content (AvgIpc) is 2.85. The molecule has 2 aliphatic rings. The summed E-state index contributed by atoms with van der Waals surface area (Å²) in [5.41, 5.74) is 0.914. The predicted molar refractivity (Wildman–Crippen MR) is 73.7 cm³/mol. The Balaban J connectivity index is 2.04. The van der Waals surface area contributed by atoms with Gasteiger partial charge in [0, 0.05) is 18.1 Å². The number of rotatable bonds is 0. The van der Waals surface area contributed by atoms with E-state index in [1.807, 2.05) is 6.07 Å². The molecule has 3 heterocycles. The zero-order valence-electron chi connectivity index (χ0n) is 11.1. The highest BCUT2D eigenvalue weighted by Crippen LogP contribution is 2.39. The van der Waals surface area contributed by atoms with Crippen molar-refractivity contribution in [2.45, 2.75) is 37.6 Å². The first-order valence-corrected chi connectivity index (χ1v) is 7.09. The van der Waals surface area contributed by atoms with E-state index in [0.29, 0.717) is 12.2 Å². The Morgan fingerprint density at radius 3 is 2.80 bits per heavy atom. The largest absolute Gasteiger partial charge is 0.348 e. The molecular formula is C14H16N4O2. The lowest BCUT2D eigenvalue weighted by Gasteiger charge is -2.43. The molecule has 0 unspecified atom stereocenters. The van der Waals surface area contributed by atoms with E-state index in [1.54, 1.807) is 6.20 Å². The van der Waals surface area contributed by atoms with E-state index in [4.69, 9.17) is 0 Å². The number of nitrogens with zero attached hydrogens (tertiary/aromatic N) is 2. The van der Waals surface area contributed by atoms with Gasteiger partial charge < -0.3 is 9.88 Å². The highest BCUT2D eigenvalue weighted by molar-refractivity contribution is 5.98. The molecule has 6 nitrogen and oxygen atoms in total. The van der Waals surface area contributed by atoms with Crippen molar-refractivity contribution in [1.82, 2.24) is 19.9 Å². The summed E-state index contributed by atoms with van der Waals surface area (Å²) >= 11 is 0. The highest BCUT2D eigenvalue weighted by atomic mass is 16.2. The number of nitrogens with one attached hydrogen (secondary N) is 2. The van der Waals surface area contributed by atoms with Crippen LogP contribution in [0.15, 0.2) is 17.1 Å². The van der Waals surface area contributed by atoms with E-state index < -0.39 is 0 Å². The van der Waals surface area contributed by atoms with Crippen molar-refractivity contribution in [3.05, 3.63) is 28.4 Å². The van der Waals surface area contributed by atoms with Crippen molar-refractivity contribution in [1.29, 1.82) is 0 Å². The Hall–Kier alpha value is -2.11. The topological polar surface area (TPSA) is 79.8 Å². The molecule has 1 aliphatic carbocycles. The fourth-order valence-electron chi connectivity index (χ4n) is 3.70. The summed E-state index contributed by atoms with van der Waals surface area (Å²) in [6.07, 6.45) is 7.17. The smallest absolute Gasteiger partial charge is 0.346 e. The van der Waals surface area contributed by atoms with Gasteiger partial charge in [-0.25, -0.2) is 9.78 Å². The molecule has 0 atom stereocenters. The molecule has 1 spiro atoms. The Labute approximate surface area is 115 Å². The fourth-order valence-corrected chi connectivity index (χ4v) is 3.70. The van der Waals surface area contributed by atoms with Crippen molar-refractivity contribution >= 4 is 16.9 Å². The van der Waals surface area contributed by atoms with Gasteiger partial charge in [0.25, 0.3) is 5.91 Å². The third-order valence-corrected chi connectivity index (χ3v) is 4.65. The summed E-state index contributed by atoms with van der Waals surface area (Å²) in [5.74, 6) is -0.0711. The van der Waals surface area contributed by atoms with E-state index in [1.165, 1.54) is 6.42 Å². The predicted octanol–water partition coefficient (Wildman–Crippen LogP) is 1.13. The molecule has 2 aromatic heterocycles. The minimum absolute atomic E-state index is 0.0711. The van der Waals surface area contributed by atoms with E-state index >= 15 is 0 Å². The Bertz CT molecular complexity index is 752. The number of aromatic amines is 1. The van der Waals surface area contributed by atoms with Crippen LogP contribution in [0.25, 0.3) is 11.0 Å². The van der Waals surface area contributed by atoms with Crippen LogP contribution in [0, 0.1) is 0 Å². The number of hydrogen-bond donors (Lipinski definition) is 2. The third kappa shape index (κ3) is 1.47. The molecule has 0 bridgehead atoms. The Morgan fingerprint density at radius 2 is 2.00 bits per heavy atom. The van der Waals surface area contributed by atoms with Crippen molar-refractivity contribution in [3.63, 3.8) is 0 Å². The molecule has 4 rings (SSSR count). The van der Waals surface area contributed by atoms with Crippen LogP contribution >= 0.6 is 0 Å². The minimum Gasteiger partial charge on any atom is -0.348 e. The number of carbonyl (C=O) groups is 1. The quantitative estimate of drug-likeness (QED) is 0.754. The minimum atomic E-state index is -0.365. The first-order valence-electron chi connectivity index (χ1n) is 7.09. The van der Waals surface area contributed by atoms with Gasteiger partial charge in [0.1, 0.15) is 11.3 Å². The van der Waals surface area contributed by atoms with Gasteiger partial charge in [0.05, 0.1) is 5.54 Å². The van der Waals surface area contributed by atoms with E-state index in [-0.39, 0.29) is 17.1 Å². The first kappa shape index (κ1) is 11.7. The van der Waals surface area contributed by atoms with Gasteiger partial charge in [-0.15, -0.1) is 0 Å². The molecule has 2 aromatic rings. The van der Waals surface area contributed by atoms with Gasteiger partial charge in [-0.3, -0.25) is 9.78 Å². The molecular weight excluding hydrogens is 256 g/mol. The van der Waals surface area contributed by atoms with Crippen molar-refractivity contribution < 1.29 is 4.79 Å². The molecule has 20 heavy (non-hydrogen) atoms. The lowest BCUT2D eigenvalue weighted by Crippen LogP contribution is -2.52. The van der Waals surface area contributed by atoms with E-state index in [0.717, 1.165) is 36.7 Å². The molecule has 1 fully saturated rings. The summed E-state index contributed by atoms with van der Waals surface area (Å²) in [5, 5.41) is 3.82. The van der Waals surface area contributed by atoms with Crippen LogP contribution in [-0.4, -0.2) is 27.0 Å². The maximum atomic E-state index is 12.1. The second-order valence-electron chi connectivity index (χ2n) is 5.82. The number of fused-ring (bicyclic) bond motifs is 4. The molecule has 1 amide bonds. The lowest BCUT2D eigenvalue weighted by atomic mass is 9.80. The molecule has 1 aliphatic heterocycles. The number of hydrogen-bond acceptors (Lipinski definition) is 3. The third-order valence-electron chi connectivity index (χ3n) is 4.65. The van der Waals surface area contributed by atoms with Crippen LogP contribution in [0.2, 0.25) is 0 Å². The van der Waals surface area contributed by atoms with Gasteiger partial charge >= 0.3 is 5.69 Å². The van der Waals surface area contributed by atoms with Gasteiger partial charge in [-0.05, 0) is 18.9 Å². The molecule has 2 N–H and O–H groups in total. The fraction of sp³-hybridized carbons (Fsp3) is 0.500. The Kier molecular flexibility index (Phi) is 2.31. The standard InChI is InChI=1S/C14H16N4O2/c19-12-10-6-9-7-15-13(20)17-11(9)18(10)14(8-16-12)4-2-1-3-5-14/h6-7H,1-5,8H2,(H,16,19)(H,15,17,20). The van der Waals surface area contributed by atoms with Crippen molar-refractivity contribution in [2.75, 3.05) is 6.54 Å². The van der Waals surface area contributed by atoms with E-state index in [9.17, 15) is 9.59 Å².